The summed E-state index contributed by atoms with van der Waals surface area (Å²) in [7, 11) is 0. The van der Waals surface area contributed by atoms with Crippen LogP contribution in [0.2, 0.25) is 10.0 Å². The van der Waals surface area contributed by atoms with E-state index in [0.717, 1.165) is 37.8 Å². The highest BCUT2D eigenvalue weighted by Gasteiger charge is 2.45. The van der Waals surface area contributed by atoms with Crippen LogP contribution in [0.15, 0.2) is 18.2 Å². The Morgan fingerprint density at radius 1 is 1.15 bits per heavy atom. The molecule has 1 aliphatic carbocycles. The average molecular weight is 337 g/mol. The van der Waals surface area contributed by atoms with Crippen molar-refractivity contribution in [3.8, 4) is 0 Å². The molecule has 112 valence electrons. The lowest BCUT2D eigenvalue weighted by Gasteiger charge is -2.48. The van der Waals surface area contributed by atoms with Crippen LogP contribution in [0.25, 0.3) is 0 Å². The SMILES string of the molecule is Cl.OC12CCCCC1C(c1ccc(Cl)c(Cl)c1)NCC2. The molecular weight excluding hydrogens is 317 g/mol. The van der Waals surface area contributed by atoms with Crippen molar-refractivity contribution in [3.05, 3.63) is 33.8 Å². The molecule has 0 spiro atoms. The van der Waals surface area contributed by atoms with Crippen LogP contribution in [-0.4, -0.2) is 17.3 Å². The predicted molar refractivity (Wildman–Crippen MR) is 86.0 cm³/mol. The molecule has 2 nitrogen and oxygen atoms in total. The third-order valence-corrected chi connectivity index (χ3v) is 5.43. The van der Waals surface area contributed by atoms with E-state index in [4.69, 9.17) is 23.2 Å². The van der Waals surface area contributed by atoms with Crippen molar-refractivity contribution in [1.29, 1.82) is 0 Å². The zero-order valence-corrected chi connectivity index (χ0v) is 13.6. The topological polar surface area (TPSA) is 32.3 Å². The van der Waals surface area contributed by atoms with E-state index in [1.165, 1.54) is 6.42 Å². The third kappa shape index (κ3) is 2.95. The molecule has 5 heteroatoms. The molecule has 0 radical (unpaired) electrons. The largest absolute Gasteiger partial charge is 0.389 e. The number of aliphatic hydroxyl groups is 1. The number of piperidine rings is 1. The maximum atomic E-state index is 10.8. The van der Waals surface area contributed by atoms with E-state index < -0.39 is 5.60 Å². The van der Waals surface area contributed by atoms with E-state index in [1.807, 2.05) is 18.2 Å². The predicted octanol–water partition coefficient (Wildman–Crippen LogP) is 4.37. The van der Waals surface area contributed by atoms with Gasteiger partial charge in [0.2, 0.25) is 0 Å². The minimum Gasteiger partial charge on any atom is -0.389 e. The Morgan fingerprint density at radius 2 is 1.95 bits per heavy atom. The van der Waals surface area contributed by atoms with Crippen molar-refractivity contribution >= 4 is 35.6 Å². The number of benzene rings is 1. The van der Waals surface area contributed by atoms with Gasteiger partial charge in [0.15, 0.2) is 0 Å². The Labute approximate surface area is 136 Å². The highest BCUT2D eigenvalue weighted by atomic mass is 35.5. The van der Waals surface area contributed by atoms with Crippen LogP contribution >= 0.6 is 35.6 Å². The second-order valence-electron chi connectivity index (χ2n) is 5.81. The first kappa shape index (κ1) is 16.4. The van der Waals surface area contributed by atoms with Crippen molar-refractivity contribution in [2.24, 2.45) is 5.92 Å². The second-order valence-corrected chi connectivity index (χ2v) is 6.63. The fourth-order valence-electron chi connectivity index (χ4n) is 3.68. The zero-order chi connectivity index (χ0) is 13.5. The Balaban J connectivity index is 0.00000147. The minimum absolute atomic E-state index is 0. The summed E-state index contributed by atoms with van der Waals surface area (Å²) in [5, 5.41) is 15.6. The lowest BCUT2D eigenvalue weighted by molar-refractivity contribution is -0.0861. The van der Waals surface area contributed by atoms with Gasteiger partial charge in [-0.1, -0.05) is 42.1 Å². The number of halogens is 3. The standard InChI is InChI=1S/C15H19Cl2NO.ClH/c16-12-5-4-10(9-13(12)17)14-11-3-1-2-6-15(11,19)7-8-18-14;/h4-5,9,11,14,18-19H,1-3,6-8H2;1H. The summed E-state index contributed by atoms with van der Waals surface area (Å²) in [6, 6.07) is 5.99. The van der Waals surface area contributed by atoms with E-state index in [9.17, 15) is 5.11 Å². The summed E-state index contributed by atoms with van der Waals surface area (Å²) in [5.74, 6) is 0.284. The highest BCUT2D eigenvalue weighted by Crippen LogP contribution is 2.46. The summed E-state index contributed by atoms with van der Waals surface area (Å²) in [5.41, 5.74) is 0.639. The summed E-state index contributed by atoms with van der Waals surface area (Å²) >= 11 is 12.1. The van der Waals surface area contributed by atoms with Crippen LogP contribution < -0.4 is 5.32 Å². The van der Waals surface area contributed by atoms with Crippen LogP contribution in [0.4, 0.5) is 0 Å². The van der Waals surface area contributed by atoms with E-state index in [1.54, 1.807) is 0 Å². The summed E-state index contributed by atoms with van der Waals surface area (Å²) < 4.78 is 0. The van der Waals surface area contributed by atoms with Crippen LogP contribution in [0, 0.1) is 5.92 Å². The molecule has 1 aromatic carbocycles. The molecular formula is C15H20Cl3NO. The molecule has 2 aliphatic rings. The van der Waals surface area contributed by atoms with E-state index in [2.05, 4.69) is 5.32 Å². The summed E-state index contributed by atoms with van der Waals surface area (Å²) in [6.45, 7) is 0.859. The van der Waals surface area contributed by atoms with Crippen molar-refractivity contribution < 1.29 is 5.11 Å². The van der Waals surface area contributed by atoms with E-state index in [-0.39, 0.29) is 24.4 Å². The lowest BCUT2D eigenvalue weighted by Crippen LogP contribution is -2.53. The Bertz CT molecular complexity index is 478. The van der Waals surface area contributed by atoms with Crippen LogP contribution in [0.1, 0.15) is 43.7 Å². The van der Waals surface area contributed by atoms with Crippen molar-refractivity contribution in [1.82, 2.24) is 5.32 Å². The van der Waals surface area contributed by atoms with Gasteiger partial charge in [-0.25, -0.2) is 0 Å². The number of hydrogen-bond acceptors (Lipinski definition) is 2. The van der Waals surface area contributed by atoms with E-state index in [0.29, 0.717) is 10.0 Å². The zero-order valence-electron chi connectivity index (χ0n) is 11.2. The molecule has 0 amide bonds. The molecule has 0 bridgehead atoms. The van der Waals surface area contributed by atoms with Crippen molar-refractivity contribution in [2.75, 3.05) is 6.54 Å². The second kappa shape index (κ2) is 6.41. The molecule has 3 rings (SSSR count). The molecule has 1 heterocycles. The normalized spacial score (nSPS) is 33.1. The number of nitrogens with one attached hydrogen (secondary N) is 1. The fourth-order valence-corrected chi connectivity index (χ4v) is 3.99. The van der Waals surface area contributed by atoms with Gasteiger partial charge in [0, 0.05) is 12.0 Å². The third-order valence-electron chi connectivity index (χ3n) is 4.69. The summed E-state index contributed by atoms with van der Waals surface area (Å²) in [4.78, 5) is 0. The summed E-state index contributed by atoms with van der Waals surface area (Å²) in [6.07, 6.45) is 5.20. The molecule has 1 saturated heterocycles. The molecule has 1 saturated carbocycles. The Hall–Kier alpha value is 0.01000. The van der Waals surface area contributed by atoms with Gasteiger partial charge in [-0.05, 0) is 43.5 Å². The number of hydrogen-bond donors (Lipinski definition) is 2. The molecule has 0 aromatic heterocycles. The van der Waals surface area contributed by atoms with Gasteiger partial charge in [0.05, 0.1) is 15.6 Å². The van der Waals surface area contributed by atoms with Gasteiger partial charge in [-0.15, -0.1) is 12.4 Å². The molecule has 3 atom stereocenters. The van der Waals surface area contributed by atoms with Crippen molar-refractivity contribution in [3.63, 3.8) is 0 Å². The maximum absolute atomic E-state index is 10.8. The van der Waals surface area contributed by atoms with Gasteiger partial charge in [0.25, 0.3) is 0 Å². The smallest absolute Gasteiger partial charge is 0.0706 e. The highest BCUT2D eigenvalue weighted by molar-refractivity contribution is 6.42. The van der Waals surface area contributed by atoms with Gasteiger partial charge in [-0.2, -0.15) is 0 Å². The van der Waals surface area contributed by atoms with Crippen LogP contribution in [-0.2, 0) is 0 Å². The van der Waals surface area contributed by atoms with E-state index >= 15 is 0 Å². The van der Waals surface area contributed by atoms with Crippen LogP contribution in [0.3, 0.4) is 0 Å². The molecule has 1 aliphatic heterocycles. The van der Waals surface area contributed by atoms with Crippen molar-refractivity contribution in [2.45, 2.75) is 43.7 Å². The average Bonchev–Trinajstić information content (AvgIpc) is 2.40. The minimum atomic E-state index is -0.500. The molecule has 2 fully saturated rings. The van der Waals surface area contributed by atoms with Crippen LogP contribution in [0.5, 0.6) is 0 Å². The monoisotopic (exact) mass is 335 g/mol. The van der Waals surface area contributed by atoms with Gasteiger partial charge in [0.1, 0.15) is 0 Å². The van der Waals surface area contributed by atoms with Gasteiger partial charge in [-0.3, -0.25) is 0 Å². The maximum Gasteiger partial charge on any atom is 0.0706 e. The number of fused-ring (bicyclic) bond motifs is 1. The first-order valence-electron chi connectivity index (χ1n) is 7.01. The Kier molecular flexibility index (Phi) is 5.25. The fraction of sp³-hybridized carbons (Fsp3) is 0.600. The molecule has 3 unspecified atom stereocenters. The lowest BCUT2D eigenvalue weighted by atomic mass is 9.67. The Morgan fingerprint density at radius 3 is 2.70 bits per heavy atom. The quantitative estimate of drug-likeness (QED) is 0.798. The molecule has 1 aromatic rings. The molecule has 20 heavy (non-hydrogen) atoms. The number of rotatable bonds is 1. The first-order valence-corrected chi connectivity index (χ1v) is 7.76. The van der Waals surface area contributed by atoms with Gasteiger partial charge >= 0.3 is 0 Å². The molecule has 2 N–H and O–H groups in total. The van der Waals surface area contributed by atoms with Gasteiger partial charge < -0.3 is 10.4 Å². The first-order chi connectivity index (χ1) is 9.10.